The molecule has 3 N–H and O–H groups in total. The summed E-state index contributed by atoms with van der Waals surface area (Å²) < 4.78 is 9.21. The van der Waals surface area contributed by atoms with Crippen LogP contribution in [0.15, 0.2) is 0 Å². The molecule has 2 heterocycles. The fourth-order valence-corrected chi connectivity index (χ4v) is 2.80. The molecular weight excluding hydrogens is 252 g/mol. The highest BCUT2D eigenvalue weighted by Gasteiger charge is 2.32. The smallest absolute Gasteiger partial charge is 0.157 e. The van der Waals surface area contributed by atoms with Crippen LogP contribution in [0.4, 0.5) is 10.8 Å². The van der Waals surface area contributed by atoms with Gasteiger partial charge in [-0.05, 0) is 11.5 Å². The van der Waals surface area contributed by atoms with E-state index in [2.05, 4.69) is 4.37 Å². The highest BCUT2D eigenvalue weighted by molar-refractivity contribution is 7.10. The van der Waals surface area contributed by atoms with E-state index < -0.39 is 5.60 Å². The largest absolute Gasteiger partial charge is 0.388 e. The first kappa shape index (κ1) is 13.1. The second kappa shape index (κ2) is 5.10. The van der Waals surface area contributed by atoms with E-state index >= 15 is 0 Å². The Morgan fingerprint density at radius 3 is 2.89 bits per heavy atom. The van der Waals surface area contributed by atoms with Crippen LogP contribution in [0.5, 0.6) is 0 Å². The Bertz CT molecular complexity index is 462. The Kier molecular flexibility index (Phi) is 3.71. The fourth-order valence-electron chi connectivity index (χ4n) is 2.08. The first-order valence-electron chi connectivity index (χ1n) is 5.72. The number of nitrogens with two attached hydrogens (primary N) is 1. The third-order valence-electron chi connectivity index (χ3n) is 3.11. The molecule has 7 heteroatoms. The molecule has 1 aromatic rings. The molecule has 1 aromatic heterocycles. The lowest BCUT2D eigenvalue weighted by atomic mass is 9.94. The molecule has 0 atom stereocenters. The summed E-state index contributed by atoms with van der Waals surface area (Å²) in [6.07, 6.45) is 1.21. The Balaban J connectivity index is 2.12. The number of nitrogens with zero attached hydrogens (tertiary/aromatic N) is 3. The molecule has 1 aliphatic rings. The molecule has 0 unspecified atom stereocenters. The minimum Gasteiger partial charge on any atom is -0.388 e. The highest BCUT2D eigenvalue weighted by atomic mass is 32.1. The quantitative estimate of drug-likeness (QED) is 0.832. The van der Waals surface area contributed by atoms with E-state index in [1.165, 1.54) is 11.5 Å². The van der Waals surface area contributed by atoms with Crippen LogP contribution in [-0.4, -0.2) is 41.9 Å². The maximum absolute atomic E-state index is 10.4. The average molecular weight is 268 g/mol. The van der Waals surface area contributed by atoms with Gasteiger partial charge in [-0.2, -0.15) is 9.64 Å². The normalized spacial score (nSPS) is 18.3. The number of hydrogen-bond acceptors (Lipinski definition) is 7. The molecule has 2 rings (SSSR count). The molecule has 1 fully saturated rings. The van der Waals surface area contributed by atoms with Crippen LogP contribution < -0.4 is 10.6 Å². The lowest BCUT2D eigenvalue weighted by Crippen LogP contribution is -2.45. The van der Waals surface area contributed by atoms with Crippen molar-refractivity contribution in [2.75, 3.05) is 37.4 Å². The first-order chi connectivity index (χ1) is 8.56. The van der Waals surface area contributed by atoms with Gasteiger partial charge in [-0.1, -0.05) is 0 Å². The van der Waals surface area contributed by atoms with Crippen molar-refractivity contribution in [1.82, 2.24) is 4.37 Å². The monoisotopic (exact) mass is 268 g/mol. The van der Waals surface area contributed by atoms with Crippen LogP contribution in [0.1, 0.15) is 18.4 Å². The Hall–Kier alpha value is -1.36. The van der Waals surface area contributed by atoms with Gasteiger partial charge in [0.1, 0.15) is 16.6 Å². The van der Waals surface area contributed by atoms with E-state index in [0.29, 0.717) is 43.2 Å². The second-order valence-corrected chi connectivity index (χ2v) is 5.30. The molecule has 0 saturated carbocycles. The third-order valence-corrected chi connectivity index (χ3v) is 4.09. The average Bonchev–Trinajstić information content (AvgIpc) is 2.70. The predicted molar refractivity (Wildman–Crippen MR) is 69.5 cm³/mol. The minimum absolute atomic E-state index is 0.253. The number of nitrogen functional groups attached to an aromatic ring is 1. The van der Waals surface area contributed by atoms with Gasteiger partial charge in [-0.15, -0.1) is 0 Å². The lowest BCUT2D eigenvalue weighted by Gasteiger charge is -2.35. The zero-order valence-electron chi connectivity index (χ0n) is 10.2. The summed E-state index contributed by atoms with van der Waals surface area (Å²) in [5, 5.41) is 20.2. The molecule has 0 aromatic carbocycles. The molecule has 0 spiro atoms. The third kappa shape index (κ3) is 2.56. The highest BCUT2D eigenvalue weighted by Crippen LogP contribution is 2.31. The van der Waals surface area contributed by atoms with Crippen molar-refractivity contribution < 1.29 is 9.84 Å². The summed E-state index contributed by atoms with van der Waals surface area (Å²) >= 11 is 1.18. The van der Waals surface area contributed by atoms with Crippen LogP contribution in [-0.2, 0) is 4.74 Å². The predicted octanol–water partition coefficient (Wildman–Crippen LogP) is 0.575. The maximum Gasteiger partial charge on any atom is 0.157 e. The summed E-state index contributed by atoms with van der Waals surface area (Å²) in [6, 6.07) is 2.05. The maximum atomic E-state index is 10.4. The molecule has 0 radical (unpaired) electrons. The van der Waals surface area contributed by atoms with E-state index in [1.54, 1.807) is 0 Å². The number of nitriles is 1. The SMILES string of the molecule is CN(CC1(O)CCOCC1)c1snc(N)c1C#N. The van der Waals surface area contributed by atoms with Gasteiger partial charge < -0.3 is 20.5 Å². The number of anilines is 2. The van der Waals surface area contributed by atoms with E-state index in [0.717, 1.165) is 0 Å². The fraction of sp³-hybridized carbons (Fsp3) is 0.636. The molecule has 0 amide bonds. The van der Waals surface area contributed by atoms with Gasteiger partial charge in [-0.3, -0.25) is 0 Å². The molecule has 0 bridgehead atoms. The van der Waals surface area contributed by atoms with Gasteiger partial charge >= 0.3 is 0 Å². The molecule has 98 valence electrons. The molecule has 18 heavy (non-hydrogen) atoms. The zero-order chi connectivity index (χ0) is 13.2. The standard InChI is InChI=1S/C11H16N4O2S/c1-15(7-11(16)2-4-17-5-3-11)10-8(6-12)9(13)14-18-10/h16H,2-5,7H2,1H3,(H2,13,14). The van der Waals surface area contributed by atoms with Gasteiger partial charge in [0, 0.05) is 39.6 Å². The van der Waals surface area contributed by atoms with Crippen molar-refractivity contribution in [3.8, 4) is 6.07 Å². The number of likely N-dealkylation sites (N-methyl/N-ethyl adjacent to an activating group) is 1. The summed E-state index contributed by atoms with van der Waals surface area (Å²) in [4.78, 5) is 1.85. The van der Waals surface area contributed by atoms with Crippen LogP contribution in [0, 0.1) is 11.3 Å². The Morgan fingerprint density at radius 1 is 1.61 bits per heavy atom. The summed E-state index contributed by atoms with van der Waals surface area (Å²) in [5.74, 6) is 0.253. The number of rotatable bonds is 3. The molecular formula is C11H16N4O2S. The van der Waals surface area contributed by atoms with E-state index in [-0.39, 0.29) is 5.82 Å². The number of ether oxygens (including phenoxy) is 1. The minimum atomic E-state index is -0.765. The lowest BCUT2D eigenvalue weighted by molar-refractivity contribution is -0.0572. The molecule has 1 aliphatic heterocycles. The Labute approximate surface area is 110 Å². The number of hydrogen-bond donors (Lipinski definition) is 2. The van der Waals surface area contributed by atoms with Crippen LogP contribution >= 0.6 is 11.5 Å². The topological polar surface area (TPSA) is 95.4 Å². The summed E-state index contributed by atoms with van der Waals surface area (Å²) in [6.45, 7) is 1.59. The van der Waals surface area contributed by atoms with E-state index in [4.69, 9.17) is 15.7 Å². The van der Waals surface area contributed by atoms with Crippen molar-refractivity contribution in [3.05, 3.63) is 5.56 Å². The summed E-state index contributed by atoms with van der Waals surface area (Å²) in [7, 11) is 1.83. The van der Waals surface area contributed by atoms with Crippen molar-refractivity contribution >= 4 is 22.4 Å². The number of aromatic nitrogens is 1. The van der Waals surface area contributed by atoms with Gasteiger partial charge in [-0.25, -0.2) is 0 Å². The number of aliphatic hydroxyl groups is 1. The van der Waals surface area contributed by atoms with Crippen molar-refractivity contribution in [1.29, 1.82) is 5.26 Å². The van der Waals surface area contributed by atoms with E-state index in [9.17, 15) is 5.11 Å². The molecule has 0 aliphatic carbocycles. The van der Waals surface area contributed by atoms with Crippen LogP contribution in [0.3, 0.4) is 0 Å². The van der Waals surface area contributed by atoms with Crippen LogP contribution in [0.2, 0.25) is 0 Å². The Morgan fingerprint density at radius 2 is 2.28 bits per heavy atom. The van der Waals surface area contributed by atoms with Gasteiger partial charge in [0.2, 0.25) is 0 Å². The molecule has 1 saturated heterocycles. The first-order valence-corrected chi connectivity index (χ1v) is 6.49. The van der Waals surface area contributed by atoms with Crippen molar-refractivity contribution in [2.45, 2.75) is 18.4 Å². The second-order valence-electron chi connectivity index (χ2n) is 4.55. The van der Waals surface area contributed by atoms with Gasteiger partial charge in [0.05, 0.1) is 5.60 Å². The van der Waals surface area contributed by atoms with Crippen molar-refractivity contribution in [3.63, 3.8) is 0 Å². The molecule has 6 nitrogen and oxygen atoms in total. The van der Waals surface area contributed by atoms with Gasteiger partial charge in [0.15, 0.2) is 5.82 Å². The van der Waals surface area contributed by atoms with Crippen molar-refractivity contribution in [2.24, 2.45) is 0 Å². The zero-order valence-corrected chi connectivity index (χ0v) is 11.0. The van der Waals surface area contributed by atoms with Gasteiger partial charge in [0.25, 0.3) is 0 Å². The summed E-state index contributed by atoms with van der Waals surface area (Å²) in [5.41, 5.74) is 5.25. The van der Waals surface area contributed by atoms with Crippen LogP contribution in [0.25, 0.3) is 0 Å². The van der Waals surface area contributed by atoms with E-state index in [1.807, 2.05) is 18.0 Å².